The third-order valence-electron chi connectivity index (χ3n) is 6.42. The Morgan fingerprint density at radius 3 is 2.78 bits per heavy atom. The van der Waals surface area contributed by atoms with Gasteiger partial charge in [0.15, 0.2) is 23.8 Å². The Morgan fingerprint density at radius 1 is 1.19 bits per heavy atom. The number of anilines is 1. The number of carbonyl (C=O) groups is 2. The van der Waals surface area contributed by atoms with E-state index >= 15 is 0 Å². The lowest BCUT2D eigenvalue weighted by molar-refractivity contribution is -0.135. The Labute approximate surface area is 225 Å². The molecule has 1 unspecified atom stereocenters. The SMILES string of the molecule is Cc1nn2c3c(nc2s1)CCN(C(=O)COc1ccc(N2CCOCC2)nc1Cl)C3c1ccc(C=O)s1. The number of thiophene rings is 1. The maximum absolute atomic E-state index is 13.5. The summed E-state index contributed by atoms with van der Waals surface area (Å²) in [5.74, 6) is 0.900. The van der Waals surface area contributed by atoms with Gasteiger partial charge in [-0.2, -0.15) is 5.10 Å². The van der Waals surface area contributed by atoms with Crippen molar-refractivity contribution in [1.82, 2.24) is 24.5 Å². The molecule has 0 saturated carbocycles. The fourth-order valence-corrected chi connectivity index (χ4v) is 6.62. The molecular weight excluding hydrogens is 536 g/mol. The fraction of sp³-hybridized carbons (Fsp3) is 0.375. The van der Waals surface area contributed by atoms with Gasteiger partial charge in [-0.15, -0.1) is 11.3 Å². The van der Waals surface area contributed by atoms with Gasteiger partial charge in [0.25, 0.3) is 5.91 Å². The summed E-state index contributed by atoms with van der Waals surface area (Å²) in [4.78, 5) is 40.3. The number of halogens is 1. The van der Waals surface area contributed by atoms with Gasteiger partial charge in [0, 0.05) is 30.9 Å². The number of hydrogen-bond acceptors (Lipinski definition) is 10. The summed E-state index contributed by atoms with van der Waals surface area (Å²) >= 11 is 9.28. The Balaban J connectivity index is 1.25. The number of hydrogen-bond donors (Lipinski definition) is 0. The van der Waals surface area contributed by atoms with Crippen molar-refractivity contribution < 1.29 is 19.1 Å². The van der Waals surface area contributed by atoms with Crippen LogP contribution in [-0.4, -0.2) is 76.1 Å². The van der Waals surface area contributed by atoms with Crippen molar-refractivity contribution in [2.45, 2.75) is 19.4 Å². The predicted molar refractivity (Wildman–Crippen MR) is 140 cm³/mol. The van der Waals surface area contributed by atoms with Gasteiger partial charge < -0.3 is 19.3 Å². The van der Waals surface area contributed by atoms with Crippen molar-refractivity contribution in [3.05, 3.63) is 55.6 Å². The molecule has 0 N–H and O–H groups in total. The van der Waals surface area contributed by atoms with E-state index in [1.54, 1.807) is 17.0 Å². The lowest BCUT2D eigenvalue weighted by Crippen LogP contribution is -2.43. The van der Waals surface area contributed by atoms with E-state index < -0.39 is 6.04 Å². The third-order valence-corrected chi connectivity index (χ3v) is 8.57. The normalized spacial score (nSPS) is 17.7. The molecule has 0 bridgehead atoms. The number of imidazole rings is 1. The number of nitrogens with zero attached hydrogens (tertiary/aromatic N) is 6. The molecule has 0 aromatic carbocycles. The largest absolute Gasteiger partial charge is 0.481 e. The van der Waals surface area contributed by atoms with Crippen LogP contribution in [0.5, 0.6) is 5.75 Å². The van der Waals surface area contributed by atoms with E-state index in [1.165, 1.54) is 22.7 Å². The van der Waals surface area contributed by atoms with Crippen LogP contribution in [0.1, 0.15) is 37.0 Å². The van der Waals surface area contributed by atoms with E-state index in [2.05, 4.69) is 15.0 Å². The summed E-state index contributed by atoms with van der Waals surface area (Å²) in [7, 11) is 0. The number of carbonyl (C=O) groups excluding carboxylic acids is 2. The fourth-order valence-electron chi connectivity index (χ4n) is 4.71. The number of pyridine rings is 1. The monoisotopic (exact) mass is 558 g/mol. The molecule has 6 heterocycles. The Hall–Kier alpha value is -3.06. The summed E-state index contributed by atoms with van der Waals surface area (Å²) in [6.07, 6.45) is 1.43. The summed E-state index contributed by atoms with van der Waals surface area (Å²) in [5, 5.41) is 5.73. The van der Waals surface area contributed by atoms with Crippen molar-refractivity contribution in [1.29, 1.82) is 0 Å². The van der Waals surface area contributed by atoms with Gasteiger partial charge in [0.05, 0.1) is 29.5 Å². The van der Waals surface area contributed by atoms with Crippen LogP contribution in [0.4, 0.5) is 5.82 Å². The highest BCUT2D eigenvalue weighted by molar-refractivity contribution is 7.16. The number of aldehydes is 1. The van der Waals surface area contributed by atoms with Crippen molar-refractivity contribution in [2.24, 2.45) is 0 Å². The van der Waals surface area contributed by atoms with E-state index in [9.17, 15) is 9.59 Å². The van der Waals surface area contributed by atoms with Gasteiger partial charge in [-0.3, -0.25) is 9.59 Å². The highest BCUT2D eigenvalue weighted by Gasteiger charge is 2.37. The molecular formula is C24H23ClN6O4S2. The smallest absolute Gasteiger partial charge is 0.261 e. The highest BCUT2D eigenvalue weighted by Crippen LogP contribution is 2.39. The first-order valence-corrected chi connectivity index (χ1v) is 13.8. The zero-order valence-electron chi connectivity index (χ0n) is 19.9. The molecule has 0 aliphatic carbocycles. The van der Waals surface area contributed by atoms with E-state index in [-0.39, 0.29) is 17.7 Å². The number of aryl methyl sites for hydroxylation is 1. The highest BCUT2D eigenvalue weighted by atomic mass is 35.5. The first kappa shape index (κ1) is 24.3. The topological polar surface area (TPSA) is 102 Å². The molecule has 13 heteroatoms. The summed E-state index contributed by atoms with van der Waals surface area (Å²) in [5.41, 5.74) is 1.77. The second kappa shape index (κ2) is 10.0. The second-order valence-corrected chi connectivity index (χ2v) is 11.4. The van der Waals surface area contributed by atoms with Crippen LogP contribution < -0.4 is 9.64 Å². The molecule has 6 rings (SSSR count). The Kier molecular flexibility index (Phi) is 6.57. The molecule has 2 aliphatic rings. The molecule has 192 valence electrons. The second-order valence-electron chi connectivity index (χ2n) is 8.70. The number of amides is 1. The molecule has 1 fully saturated rings. The van der Waals surface area contributed by atoms with Gasteiger partial charge in [-0.1, -0.05) is 22.9 Å². The zero-order valence-corrected chi connectivity index (χ0v) is 22.3. The number of morpholine rings is 1. The van der Waals surface area contributed by atoms with Crippen molar-refractivity contribution in [2.75, 3.05) is 44.4 Å². The third kappa shape index (κ3) is 4.58. The first-order valence-electron chi connectivity index (χ1n) is 11.8. The number of aromatic nitrogens is 4. The minimum atomic E-state index is -0.424. The molecule has 0 radical (unpaired) electrons. The van der Waals surface area contributed by atoms with Gasteiger partial charge in [0.2, 0.25) is 4.96 Å². The van der Waals surface area contributed by atoms with Gasteiger partial charge in [-0.05, 0) is 31.2 Å². The lowest BCUT2D eigenvalue weighted by Gasteiger charge is -2.34. The van der Waals surface area contributed by atoms with Crippen LogP contribution in [0.15, 0.2) is 24.3 Å². The van der Waals surface area contributed by atoms with E-state index in [4.69, 9.17) is 26.1 Å². The van der Waals surface area contributed by atoms with Crippen molar-refractivity contribution in [3.63, 3.8) is 0 Å². The number of rotatable bonds is 6. The average Bonchev–Trinajstić information content (AvgIpc) is 3.62. The molecule has 4 aromatic heterocycles. The van der Waals surface area contributed by atoms with Crippen LogP contribution >= 0.6 is 34.3 Å². The standard InChI is InChI=1S/C24H23ClN6O4S2/c1-14-28-31-21-16(26-24(31)36-14)6-7-30(22(21)18-4-2-15(12-32)37-18)20(33)13-35-17-3-5-19(27-23(17)25)29-8-10-34-11-9-29/h2-5,12,22H,6-11,13H2,1H3. The minimum Gasteiger partial charge on any atom is -0.481 e. The van der Waals surface area contributed by atoms with Crippen molar-refractivity contribution in [3.8, 4) is 5.75 Å². The van der Waals surface area contributed by atoms with Gasteiger partial charge in [-0.25, -0.2) is 14.5 Å². The summed E-state index contributed by atoms with van der Waals surface area (Å²) < 4.78 is 13.1. The number of ether oxygens (including phenoxy) is 2. The molecule has 2 aliphatic heterocycles. The predicted octanol–water partition coefficient (Wildman–Crippen LogP) is 3.41. The van der Waals surface area contributed by atoms with Crippen LogP contribution in [-0.2, 0) is 16.0 Å². The maximum Gasteiger partial charge on any atom is 0.261 e. The lowest BCUT2D eigenvalue weighted by atomic mass is 10.0. The molecule has 10 nitrogen and oxygen atoms in total. The van der Waals surface area contributed by atoms with Crippen molar-refractivity contribution >= 4 is 57.2 Å². The molecule has 1 saturated heterocycles. The quantitative estimate of drug-likeness (QED) is 0.262. The van der Waals surface area contributed by atoms with Crippen LogP contribution in [0, 0.1) is 6.92 Å². The van der Waals surface area contributed by atoms with E-state index in [0.717, 1.165) is 51.4 Å². The van der Waals surface area contributed by atoms with Gasteiger partial charge in [0.1, 0.15) is 16.9 Å². The zero-order chi connectivity index (χ0) is 25.5. The van der Waals surface area contributed by atoms with E-state index in [1.807, 2.05) is 23.6 Å². The Morgan fingerprint density at radius 2 is 2.03 bits per heavy atom. The summed E-state index contributed by atoms with van der Waals surface area (Å²) in [6, 6.07) is 6.82. The van der Waals surface area contributed by atoms with E-state index in [0.29, 0.717) is 36.8 Å². The van der Waals surface area contributed by atoms with Crippen LogP contribution in [0.25, 0.3) is 4.96 Å². The average molecular weight is 559 g/mol. The van der Waals surface area contributed by atoms with Crippen LogP contribution in [0.2, 0.25) is 5.15 Å². The first-order chi connectivity index (χ1) is 18.0. The number of fused-ring (bicyclic) bond motifs is 3. The Bertz CT molecular complexity index is 1480. The van der Waals surface area contributed by atoms with Crippen LogP contribution in [0.3, 0.4) is 0 Å². The molecule has 37 heavy (non-hydrogen) atoms. The molecule has 1 amide bonds. The molecule has 1 atom stereocenters. The molecule has 4 aromatic rings. The minimum absolute atomic E-state index is 0.200. The maximum atomic E-state index is 13.5. The molecule has 0 spiro atoms. The van der Waals surface area contributed by atoms with Gasteiger partial charge >= 0.3 is 0 Å². The summed E-state index contributed by atoms with van der Waals surface area (Å²) in [6.45, 7) is 4.98.